The lowest BCUT2D eigenvalue weighted by Gasteiger charge is -2.30. The third-order valence-electron chi connectivity index (χ3n) is 5.68. The summed E-state index contributed by atoms with van der Waals surface area (Å²) in [6, 6.07) is 10.1. The summed E-state index contributed by atoms with van der Waals surface area (Å²) in [5, 5.41) is 8.28. The van der Waals surface area contributed by atoms with Gasteiger partial charge < -0.3 is 9.73 Å². The maximum Gasteiger partial charge on any atom is 0.252 e. The lowest BCUT2D eigenvalue weighted by Crippen LogP contribution is -2.42. The van der Waals surface area contributed by atoms with E-state index in [2.05, 4.69) is 48.0 Å². The van der Waals surface area contributed by atoms with E-state index in [-0.39, 0.29) is 5.91 Å². The first kappa shape index (κ1) is 22.7. The summed E-state index contributed by atoms with van der Waals surface area (Å²) in [5.74, 6) is 0.625. The molecular formula is C25H30N6O2. The largest absolute Gasteiger partial charge is 0.467 e. The first-order valence-electron chi connectivity index (χ1n) is 11.3. The SMILES string of the molecule is CC(C)N(CCNC(=O)c1cc(-c2cccnc2)nc2c1cnn2Cc1ccco1)C(C)C. The highest BCUT2D eigenvalue weighted by Gasteiger charge is 2.19. The Bertz CT molecular complexity index is 1190. The summed E-state index contributed by atoms with van der Waals surface area (Å²) in [6.45, 7) is 10.4. The zero-order chi connectivity index (χ0) is 23.4. The molecule has 8 heteroatoms. The molecule has 0 saturated carbocycles. The van der Waals surface area contributed by atoms with Crippen molar-refractivity contribution in [2.45, 2.75) is 46.3 Å². The Balaban J connectivity index is 1.66. The fraction of sp³-hybridized carbons (Fsp3) is 0.360. The molecule has 0 aliphatic heterocycles. The number of nitrogens with zero attached hydrogens (tertiary/aromatic N) is 5. The summed E-state index contributed by atoms with van der Waals surface area (Å²) < 4.78 is 7.23. The van der Waals surface area contributed by atoms with Crippen molar-refractivity contribution in [2.24, 2.45) is 0 Å². The number of furan rings is 1. The van der Waals surface area contributed by atoms with E-state index in [9.17, 15) is 4.79 Å². The van der Waals surface area contributed by atoms with Crippen molar-refractivity contribution in [3.63, 3.8) is 0 Å². The molecule has 0 radical (unpaired) electrons. The van der Waals surface area contributed by atoms with Gasteiger partial charge in [-0.05, 0) is 58.0 Å². The van der Waals surface area contributed by atoms with Crippen LogP contribution in [0.2, 0.25) is 0 Å². The Morgan fingerprint density at radius 3 is 2.64 bits per heavy atom. The maximum atomic E-state index is 13.3. The second-order valence-corrected chi connectivity index (χ2v) is 8.60. The number of nitrogens with one attached hydrogen (secondary N) is 1. The van der Waals surface area contributed by atoms with Crippen molar-refractivity contribution in [1.29, 1.82) is 0 Å². The molecule has 172 valence electrons. The highest BCUT2D eigenvalue weighted by molar-refractivity contribution is 6.06. The molecule has 4 heterocycles. The van der Waals surface area contributed by atoms with Gasteiger partial charge >= 0.3 is 0 Å². The van der Waals surface area contributed by atoms with Gasteiger partial charge in [0.1, 0.15) is 12.3 Å². The number of rotatable bonds is 9. The molecule has 1 amide bonds. The number of carbonyl (C=O) groups is 1. The molecule has 4 rings (SSSR count). The molecule has 4 aromatic heterocycles. The number of hydrogen-bond acceptors (Lipinski definition) is 6. The molecule has 0 atom stereocenters. The topological polar surface area (TPSA) is 89.1 Å². The predicted molar refractivity (Wildman–Crippen MR) is 128 cm³/mol. The number of pyridine rings is 2. The van der Waals surface area contributed by atoms with Crippen LogP contribution in [0.1, 0.15) is 43.8 Å². The average Bonchev–Trinajstić information content (AvgIpc) is 3.46. The van der Waals surface area contributed by atoms with Gasteiger partial charge in [0.25, 0.3) is 5.91 Å². The number of carbonyl (C=O) groups excluding carboxylic acids is 1. The van der Waals surface area contributed by atoms with Crippen LogP contribution in [0.4, 0.5) is 0 Å². The van der Waals surface area contributed by atoms with Crippen molar-refractivity contribution in [3.8, 4) is 11.3 Å². The van der Waals surface area contributed by atoms with Gasteiger partial charge in [-0.15, -0.1) is 0 Å². The molecule has 1 N–H and O–H groups in total. The van der Waals surface area contributed by atoms with Crippen LogP contribution >= 0.6 is 0 Å². The fourth-order valence-electron chi connectivity index (χ4n) is 4.07. The van der Waals surface area contributed by atoms with E-state index in [1.54, 1.807) is 29.5 Å². The van der Waals surface area contributed by atoms with Crippen LogP contribution in [-0.4, -0.2) is 55.7 Å². The van der Waals surface area contributed by atoms with Gasteiger partial charge in [0.05, 0.1) is 29.1 Å². The van der Waals surface area contributed by atoms with Gasteiger partial charge in [-0.3, -0.25) is 14.7 Å². The quantitative estimate of drug-likeness (QED) is 0.418. The normalized spacial score (nSPS) is 11.7. The van der Waals surface area contributed by atoms with E-state index >= 15 is 0 Å². The highest BCUT2D eigenvalue weighted by atomic mass is 16.3. The summed E-state index contributed by atoms with van der Waals surface area (Å²) in [5.41, 5.74) is 2.69. The minimum Gasteiger partial charge on any atom is -0.467 e. The lowest BCUT2D eigenvalue weighted by atomic mass is 10.1. The van der Waals surface area contributed by atoms with E-state index in [1.807, 2.05) is 30.3 Å². The Morgan fingerprint density at radius 2 is 1.97 bits per heavy atom. The molecule has 4 aromatic rings. The van der Waals surface area contributed by atoms with Crippen LogP contribution in [0, 0.1) is 0 Å². The van der Waals surface area contributed by atoms with Crippen LogP contribution in [0.25, 0.3) is 22.3 Å². The van der Waals surface area contributed by atoms with Crippen molar-refractivity contribution >= 4 is 16.9 Å². The first-order chi connectivity index (χ1) is 15.9. The molecule has 33 heavy (non-hydrogen) atoms. The van der Waals surface area contributed by atoms with Gasteiger partial charge in [0.15, 0.2) is 5.65 Å². The molecular weight excluding hydrogens is 416 g/mol. The Hall–Kier alpha value is -3.52. The number of hydrogen-bond donors (Lipinski definition) is 1. The van der Waals surface area contributed by atoms with Crippen LogP contribution in [0.3, 0.4) is 0 Å². The van der Waals surface area contributed by atoms with E-state index in [0.717, 1.165) is 17.9 Å². The third-order valence-corrected chi connectivity index (χ3v) is 5.68. The van der Waals surface area contributed by atoms with Gasteiger partial charge in [-0.2, -0.15) is 5.10 Å². The molecule has 0 saturated heterocycles. The van der Waals surface area contributed by atoms with E-state index in [4.69, 9.17) is 9.40 Å². The van der Waals surface area contributed by atoms with Gasteiger partial charge in [-0.1, -0.05) is 0 Å². The van der Waals surface area contributed by atoms with E-state index < -0.39 is 0 Å². The van der Waals surface area contributed by atoms with Crippen LogP contribution < -0.4 is 5.32 Å². The zero-order valence-corrected chi connectivity index (χ0v) is 19.5. The van der Waals surface area contributed by atoms with Gasteiger partial charge in [0.2, 0.25) is 0 Å². The molecule has 0 aliphatic carbocycles. The van der Waals surface area contributed by atoms with Crippen LogP contribution in [-0.2, 0) is 6.54 Å². The smallest absolute Gasteiger partial charge is 0.252 e. The Kier molecular flexibility index (Phi) is 6.84. The van der Waals surface area contributed by atoms with Crippen molar-refractivity contribution < 1.29 is 9.21 Å². The standard InChI is InChI=1S/C25H30N6O2/c1-17(2)30(18(3)4)11-10-27-25(32)21-13-23(19-7-5-9-26-14-19)29-24-22(21)15-28-31(24)16-20-8-6-12-33-20/h5-9,12-15,17-18H,10-11,16H2,1-4H3,(H,27,32). The molecule has 0 aliphatic rings. The maximum absolute atomic E-state index is 13.3. The molecule has 8 nitrogen and oxygen atoms in total. The van der Waals surface area contributed by atoms with Gasteiger partial charge in [0, 0.05) is 43.1 Å². The number of amides is 1. The molecule has 0 aromatic carbocycles. The fourth-order valence-corrected chi connectivity index (χ4v) is 4.07. The molecule has 0 spiro atoms. The Morgan fingerprint density at radius 1 is 1.15 bits per heavy atom. The van der Waals surface area contributed by atoms with E-state index in [0.29, 0.717) is 47.5 Å². The van der Waals surface area contributed by atoms with Crippen molar-refractivity contribution in [1.82, 2.24) is 30.0 Å². The van der Waals surface area contributed by atoms with Crippen LogP contribution in [0.15, 0.2) is 59.6 Å². The molecule has 0 fully saturated rings. The third kappa shape index (κ3) is 5.12. The summed E-state index contributed by atoms with van der Waals surface area (Å²) in [7, 11) is 0. The second-order valence-electron chi connectivity index (χ2n) is 8.60. The average molecular weight is 447 g/mol. The lowest BCUT2D eigenvalue weighted by molar-refractivity contribution is 0.0941. The number of aromatic nitrogens is 4. The number of fused-ring (bicyclic) bond motifs is 1. The van der Waals surface area contributed by atoms with Crippen molar-refractivity contribution in [2.75, 3.05) is 13.1 Å². The Labute approximate surface area is 193 Å². The second kappa shape index (κ2) is 9.95. The predicted octanol–water partition coefficient (Wildman–Crippen LogP) is 3.98. The van der Waals surface area contributed by atoms with Crippen molar-refractivity contribution in [3.05, 3.63) is 66.5 Å². The summed E-state index contributed by atoms with van der Waals surface area (Å²) in [6.07, 6.45) is 6.78. The van der Waals surface area contributed by atoms with E-state index in [1.165, 1.54) is 0 Å². The van der Waals surface area contributed by atoms with Crippen LogP contribution in [0.5, 0.6) is 0 Å². The first-order valence-corrected chi connectivity index (χ1v) is 11.3. The summed E-state index contributed by atoms with van der Waals surface area (Å²) >= 11 is 0. The minimum atomic E-state index is -0.141. The minimum absolute atomic E-state index is 0.141. The molecule has 0 unspecified atom stereocenters. The monoisotopic (exact) mass is 446 g/mol. The van der Waals surface area contributed by atoms with Gasteiger partial charge in [-0.25, -0.2) is 9.67 Å². The highest BCUT2D eigenvalue weighted by Crippen LogP contribution is 2.25. The molecule has 0 bridgehead atoms. The summed E-state index contributed by atoms with van der Waals surface area (Å²) in [4.78, 5) is 24.6. The zero-order valence-electron chi connectivity index (χ0n) is 19.5.